The molecule has 0 fully saturated rings. The number of hydrogen-bond donors (Lipinski definition) is 6. The molecule has 0 atom stereocenters. The Balaban J connectivity index is 0. The van der Waals surface area contributed by atoms with E-state index < -0.39 is 60.6 Å². The molecule has 0 saturated heterocycles. The fraction of sp³-hybridized carbons (Fsp3) is 0.600. The number of aliphatic carboxylic acids is 4. The largest absolute Gasteiger partial charge is 0.481 e. The number of carbonyl (C=O) groups is 4. The van der Waals surface area contributed by atoms with Gasteiger partial charge in [-0.25, -0.2) is 0 Å². The van der Waals surface area contributed by atoms with Crippen molar-refractivity contribution in [2.24, 2.45) is 11.5 Å². The molecular weight excluding hydrogens is 335 g/mol. The molecule has 0 bridgehead atoms. The minimum absolute atomic E-state index is 0. The van der Waals surface area contributed by atoms with Gasteiger partial charge in [0.25, 0.3) is 0 Å². The van der Waals surface area contributed by atoms with Crippen LogP contribution in [0.15, 0.2) is 0 Å². The van der Waals surface area contributed by atoms with Crippen LogP contribution in [0.5, 0.6) is 0 Å². The molecule has 10 nitrogen and oxygen atoms in total. The smallest absolute Gasteiger partial charge is 0.305 e. The van der Waals surface area contributed by atoms with Crippen LogP contribution in [0.1, 0.15) is 25.7 Å². The maximum atomic E-state index is 10.8. The summed E-state index contributed by atoms with van der Waals surface area (Å²) in [5.74, 6) is -6.06. The van der Waals surface area contributed by atoms with E-state index in [2.05, 4.69) is 0 Å². The van der Waals surface area contributed by atoms with Crippen molar-refractivity contribution in [3.8, 4) is 0 Å². The van der Waals surface area contributed by atoms with E-state index in [-0.39, 0.29) is 16.5 Å². The van der Waals surface area contributed by atoms with Crippen LogP contribution >= 0.6 is 0 Å². The maximum Gasteiger partial charge on any atom is 0.305 e. The van der Waals surface area contributed by atoms with Crippen LogP contribution in [0.2, 0.25) is 0 Å². The van der Waals surface area contributed by atoms with Crippen molar-refractivity contribution >= 4 is 23.9 Å². The molecule has 8 N–H and O–H groups in total. The molecule has 0 aromatic heterocycles. The molecule has 0 saturated carbocycles. The third kappa shape index (κ3) is 6.52. The molecule has 21 heavy (non-hydrogen) atoms. The Morgan fingerprint density at radius 2 is 0.762 bits per heavy atom. The van der Waals surface area contributed by atoms with E-state index >= 15 is 0 Å². The number of hydrogen-bond acceptors (Lipinski definition) is 6. The third-order valence-corrected chi connectivity index (χ3v) is 2.86. The zero-order chi connectivity index (χ0) is 16.1. The van der Waals surface area contributed by atoms with Crippen molar-refractivity contribution in [2.45, 2.75) is 36.8 Å². The van der Waals surface area contributed by atoms with Crippen molar-refractivity contribution in [3.63, 3.8) is 0 Å². The molecule has 0 unspecified atom stereocenters. The van der Waals surface area contributed by atoms with Crippen molar-refractivity contribution < 1.29 is 56.1 Å². The van der Waals surface area contributed by atoms with Gasteiger partial charge in [-0.05, 0) is 0 Å². The van der Waals surface area contributed by atoms with Crippen LogP contribution < -0.4 is 11.5 Å². The van der Waals surface area contributed by atoms with Crippen LogP contribution in [-0.4, -0.2) is 55.4 Å². The van der Waals surface area contributed by atoms with E-state index in [1.54, 1.807) is 0 Å². The van der Waals surface area contributed by atoms with Gasteiger partial charge in [0.1, 0.15) is 0 Å². The Bertz CT molecular complexity index is 367. The minimum Gasteiger partial charge on any atom is -0.481 e. The molecule has 0 aliphatic rings. The monoisotopic (exact) mass is 350 g/mol. The van der Waals surface area contributed by atoms with Gasteiger partial charge < -0.3 is 31.9 Å². The van der Waals surface area contributed by atoms with E-state index in [1.807, 2.05) is 0 Å². The van der Waals surface area contributed by atoms with Crippen molar-refractivity contribution in [1.82, 2.24) is 0 Å². The van der Waals surface area contributed by atoms with Gasteiger partial charge in [-0.2, -0.15) is 0 Å². The molecule has 0 aliphatic heterocycles. The first-order valence-electron chi connectivity index (χ1n) is 5.37. The van der Waals surface area contributed by atoms with Crippen molar-refractivity contribution in [2.75, 3.05) is 0 Å². The second-order valence-electron chi connectivity index (χ2n) is 4.59. The van der Waals surface area contributed by atoms with Crippen LogP contribution in [0.4, 0.5) is 0 Å². The van der Waals surface area contributed by atoms with Crippen LogP contribution in [-0.2, 0) is 35.7 Å². The molecule has 0 spiro atoms. The molecule has 0 aliphatic carbocycles. The van der Waals surface area contributed by atoms with Gasteiger partial charge in [0.2, 0.25) is 0 Å². The first-order valence-corrected chi connectivity index (χ1v) is 5.37. The topological polar surface area (TPSA) is 201 Å². The van der Waals surface area contributed by atoms with Gasteiger partial charge in [0.15, 0.2) is 0 Å². The summed E-state index contributed by atoms with van der Waals surface area (Å²) in [6, 6.07) is 0. The summed E-state index contributed by atoms with van der Waals surface area (Å²) in [5, 5.41) is 35.1. The second kappa shape index (κ2) is 7.91. The Labute approximate surface area is 129 Å². The first-order chi connectivity index (χ1) is 8.92. The summed E-state index contributed by atoms with van der Waals surface area (Å²) in [5.41, 5.74) is 6.88. The zero-order valence-electron chi connectivity index (χ0n) is 10.7. The van der Waals surface area contributed by atoms with E-state index in [1.165, 1.54) is 0 Å². The van der Waals surface area contributed by atoms with Gasteiger partial charge >= 0.3 is 23.9 Å². The predicted molar refractivity (Wildman–Crippen MR) is 62.8 cm³/mol. The SMILES string of the molecule is NC(CC(=O)O)(CC(=O)O)C(N)(CC(=O)O)CC(=O)O.[Ni]. The summed E-state index contributed by atoms with van der Waals surface area (Å²) in [4.78, 5) is 43.2. The molecule has 0 radical (unpaired) electrons. The molecule has 0 aromatic carbocycles. The van der Waals surface area contributed by atoms with E-state index in [9.17, 15) is 19.2 Å². The Morgan fingerprint density at radius 1 is 0.619 bits per heavy atom. The quantitative estimate of drug-likeness (QED) is 0.259. The van der Waals surface area contributed by atoms with Gasteiger partial charge in [-0.3, -0.25) is 19.2 Å². The van der Waals surface area contributed by atoms with Crippen molar-refractivity contribution in [1.29, 1.82) is 0 Å². The number of rotatable bonds is 9. The van der Waals surface area contributed by atoms with Gasteiger partial charge in [0, 0.05) is 16.5 Å². The summed E-state index contributed by atoms with van der Waals surface area (Å²) in [6.45, 7) is 0. The third-order valence-electron chi connectivity index (χ3n) is 2.86. The first kappa shape index (κ1) is 21.6. The molecule has 11 heteroatoms. The number of carboxylic acids is 4. The molecule has 124 valence electrons. The average Bonchev–Trinajstić information content (AvgIpc) is 2.10. The average molecular weight is 351 g/mol. The van der Waals surface area contributed by atoms with Crippen LogP contribution in [0.3, 0.4) is 0 Å². The van der Waals surface area contributed by atoms with Gasteiger partial charge in [0.05, 0.1) is 36.8 Å². The van der Waals surface area contributed by atoms with E-state index in [0.29, 0.717) is 0 Å². The maximum absolute atomic E-state index is 10.8. The minimum atomic E-state index is -2.22. The fourth-order valence-electron chi connectivity index (χ4n) is 1.91. The van der Waals surface area contributed by atoms with Gasteiger partial charge in [-0.1, -0.05) is 0 Å². The van der Waals surface area contributed by atoms with E-state index in [4.69, 9.17) is 31.9 Å². The summed E-state index contributed by atoms with van der Waals surface area (Å²) in [7, 11) is 0. The number of nitrogens with two attached hydrogens (primary N) is 2. The zero-order valence-corrected chi connectivity index (χ0v) is 11.7. The standard InChI is InChI=1S/C10H16N2O8.Ni/c11-9(1-5(13)14,2-6(15)16)10(12,3-7(17)18)4-8(19)20;/h1-4,11-12H2,(H,13,14)(H,15,16)(H,17,18)(H,19,20);. The number of carboxylic acid groups (broad SMARTS) is 4. The predicted octanol–water partition coefficient (Wildman–Crippen LogP) is -1.72. The van der Waals surface area contributed by atoms with Crippen molar-refractivity contribution in [3.05, 3.63) is 0 Å². The molecular formula is C10H16N2NiO8. The van der Waals surface area contributed by atoms with Gasteiger partial charge in [-0.15, -0.1) is 0 Å². The normalized spacial score (nSPS) is 11.3. The summed E-state index contributed by atoms with van der Waals surface area (Å²) in [6.07, 6.45) is -3.90. The summed E-state index contributed by atoms with van der Waals surface area (Å²) >= 11 is 0. The molecule has 0 rings (SSSR count). The molecule has 0 amide bonds. The Hall–Kier alpha value is -1.71. The summed E-state index contributed by atoms with van der Waals surface area (Å²) < 4.78 is 0. The Morgan fingerprint density at radius 3 is 0.857 bits per heavy atom. The Kier molecular flexibility index (Phi) is 8.14. The molecule has 0 heterocycles. The molecule has 0 aromatic rings. The van der Waals surface area contributed by atoms with Crippen LogP contribution in [0.25, 0.3) is 0 Å². The van der Waals surface area contributed by atoms with E-state index in [0.717, 1.165) is 0 Å². The fourth-order valence-corrected chi connectivity index (χ4v) is 1.91. The second-order valence-corrected chi connectivity index (χ2v) is 4.59. The van der Waals surface area contributed by atoms with Crippen LogP contribution in [0, 0.1) is 0 Å².